The van der Waals surface area contributed by atoms with Gasteiger partial charge < -0.3 is 16.2 Å². The first-order valence-corrected chi connectivity index (χ1v) is 5.07. The van der Waals surface area contributed by atoms with Gasteiger partial charge in [0.25, 0.3) is 0 Å². The van der Waals surface area contributed by atoms with Crippen molar-refractivity contribution in [3.05, 3.63) is 28.2 Å². The molecule has 0 spiro atoms. The number of guanidine groups is 1. The van der Waals surface area contributed by atoms with E-state index in [0.717, 1.165) is 4.47 Å². The van der Waals surface area contributed by atoms with Gasteiger partial charge in [-0.1, -0.05) is 15.9 Å². The van der Waals surface area contributed by atoms with E-state index in [1.807, 2.05) is 0 Å². The van der Waals surface area contributed by atoms with E-state index in [-0.39, 0.29) is 42.2 Å². The monoisotopic (exact) mass is 421 g/mol. The van der Waals surface area contributed by atoms with Crippen LogP contribution in [0.5, 0.6) is 5.75 Å². The van der Waals surface area contributed by atoms with Gasteiger partial charge >= 0.3 is 6.61 Å². The van der Waals surface area contributed by atoms with Crippen molar-refractivity contribution in [2.24, 2.45) is 16.5 Å². The van der Waals surface area contributed by atoms with Crippen LogP contribution in [0.25, 0.3) is 0 Å². The molecule has 17 heavy (non-hydrogen) atoms. The summed E-state index contributed by atoms with van der Waals surface area (Å²) in [7, 11) is 0. The lowest BCUT2D eigenvalue weighted by Gasteiger charge is -2.09. The fourth-order valence-electron chi connectivity index (χ4n) is 1.06. The molecular formula is C9H11BrF2IN3O. The Morgan fingerprint density at radius 2 is 2.06 bits per heavy atom. The quantitative estimate of drug-likeness (QED) is 0.445. The predicted octanol–water partition coefficient (Wildman–Crippen LogP) is 2.44. The zero-order chi connectivity index (χ0) is 12.1. The molecule has 1 aromatic rings. The van der Waals surface area contributed by atoms with E-state index in [4.69, 9.17) is 11.5 Å². The van der Waals surface area contributed by atoms with Crippen LogP contribution in [-0.2, 0) is 6.54 Å². The van der Waals surface area contributed by atoms with Crippen LogP contribution in [0.2, 0.25) is 0 Å². The van der Waals surface area contributed by atoms with Gasteiger partial charge in [0.1, 0.15) is 5.75 Å². The highest BCUT2D eigenvalue weighted by Crippen LogP contribution is 2.25. The molecule has 4 N–H and O–H groups in total. The Bertz CT molecular complexity index is 400. The molecule has 0 saturated carbocycles. The van der Waals surface area contributed by atoms with Gasteiger partial charge in [-0.15, -0.1) is 24.0 Å². The second-order valence-corrected chi connectivity index (χ2v) is 3.79. The number of hydrogen-bond acceptors (Lipinski definition) is 2. The number of nitrogens with zero attached hydrogens (tertiary/aromatic N) is 1. The lowest BCUT2D eigenvalue weighted by molar-refractivity contribution is -0.0504. The minimum Gasteiger partial charge on any atom is -0.434 e. The third-order valence-corrected chi connectivity index (χ3v) is 2.16. The number of benzene rings is 1. The topological polar surface area (TPSA) is 73.6 Å². The van der Waals surface area contributed by atoms with E-state index in [0.29, 0.717) is 5.56 Å². The van der Waals surface area contributed by atoms with Crippen molar-refractivity contribution < 1.29 is 13.5 Å². The Morgan fingerprint density at radius 3 is 2.59 bits per heavy atom. The van der Waals surface area contributed by atoms with Crippen LogP contribution >= 0.6 is 39.9 Å². The van der Waals surface area contributed by atoms with Gasteiger partial charge in [0.15, 0.2) is 5.96 Å². The van der Waals surface area contributed by atoms with Gasteiger partial charge in [0.2, 0.25) is 0 Å². The predicted molar refractivity (Wildman–Crippen MR) is 75.7 cm³/mol. The molecule has 0 saturated heterocycles. The number of nitrogens with two attached hydrogens (primary N) is 2. The summed E-state index contributed by atoms with van der Waals surface area (Å²) in [6.45, 7) is -2.79. The fourth-order valence-corrected chi connectivity index (χ4v) is 1.47. The summed E-state index contributed by atoms with van der Waals surface area (Å²) < 4.78 is 29.2. The van der Waals surface area contributed by atoms with Crippen molar-refractivity contribution in [1.29, 1.82) is 0 Å². The number of hydrogen-bond donors (Lipinski definition) is 2. The Labute approximate surface area is 123 Å². The standard InChI is InChI=1S/C9H10BrF2N3O.HI/c10-6-1-2-7(16-8(11)12)5(3-6)4-15-9(13)14;/h1-3,8H,4H2,(H4,13,14,15);1H. The van der Waals surface area contributed by atoms with Crippen LogP contribution in [0.15, 0.2) is 27.7 Å². The van der Waals surface area contributed by atoms with Crippen LogP contribution in [0.3, 0.4) is 0 Å². The molecule has 4 nitrogen and oxygen atoms in total. The van der Waals surface area contributed by atoms with Crippen molar-refractivity contribution in [2.45, 2.75) is 13.2 Å². The molecule has 0 bridgehead atoms. The number of aliphatic imine (C=N–C) groups is 1. The van der Waals surface area contributed by atoms with E-state index in [9.17, 15) is 8.78 Å². The zero-order valence-electron chi connectivity index (χ0n) is 8.57. The second-order valence-electron chi connectivity index (χ2n) is 2.87. The first kappa shape index (κ1) is 16.4. The molecule has 0 heterocycles. The first-order valence-electron chi connectivity index (χ1n) is 4.27. The maximum Gasteiger partial charge on any atom is 0.387 e. The van der Waals surface area contributed by atoms with Crippen molar-refractivity contribution in [3.8, 4) is 5.75 Å². The van der Waals surface area contributed by atoms with Crippen LogP contribution in [0.1, 0.15) is 5.56 Å². The molecular weight excluding hydrogens is 411 g/mol. The highest BCUT2D eigenvalue weighted by Gasteiger charge is 2.09. The number of alkyl halides is 2. The number of ether oxygens (including phenoxy) is 1. The highest BCUT2D eigenvalue weighted by molar-refractivity contribution is 14.0. The molecule has 0 aliphatic carbocycles. The summed E-state index contributed by atoms with van der Waals surface area (Å²) in [4.78, 5) is 3.73. The minimum absolute atomic E-state index is 0. The molecule has 8 heteroatoms. The van der Waals surface area contributed by atoms with E-state index in [1.165, 1.54) is 6.07 Å². The Morgan fingerprint density at radius 1 is 1.41 bits per heavy atom. The molecule has 0 fully saturated rings. The number of halogens is 4. The molecule has 0 aliphatic heterocycles. The minimum atomic E-state index is -2.88. The zero-order valence-corrected chi connectivity index (χ0v) is 12.5. The summed E-state index contributed by atoms with van der Waals surface area (Å²) in [6.07, 6.45) is 0. The smallest absolute Gasteiger partial charge is 0.387 e. The van der Waals surface area contributed by atoms with Gasteiger partial charge in [-0.05, 0) is 18.2 Å². The normalized spacial score (nSPS) is 9.65. The fraction of sp³-hybridized carbons (Fsp3) is 0.222. The summed E-state index contributed by atoms with van der Waals surface area (Å²) in [5.74, 6) is -0.0498. The molecule has 0 radical (unpaired) electrons. The van der Waals surface area contributed by atoms with Gasteiger partial charge in [0.05, 0.1) is 6.54 Å². The Hall–Kier alpha value is -0.640. The van der Waals surface area contributed by atoms with E-state index in [1.54, 1.807) is 12.1 Å². The van der Waals surface area contributed by atoms with E-state index < -0.39 is 6.61 Å². The second kappa shape index (κ2) is 7.64. The van der Waals surface area contributed by atoms with Crippen molar-refractivity contribution >= 4 is 45.9 Å². The van der Waals surface area contributed by atoms with Crippen molar-refractivity contribution in [2.75, 3.05) is 0 Å². The first-order chi connectivity index (χ1) is 7.49. The molecule has 1 aromatic carbocycles. The average Bonchev–Trinajstić information content (AvgIpc) is 2.17. The lowest BCUT2D eigenvalue weighted by Crippen LogP contribution is -2.22. The average molecular weight is 422 g/mol. The SMILES string of the molecule is I.NC(N)=NCc1cc(Br)ccc1OC(F)F. The molecule has 0 unspecified atom stereocenters. The summed E-state index contributed by atoms with van der Waals surface area (Å²) in [6, 6.07) is 4.63. The molecule has 0 atom stereocenters. The van der Waals surface area contributed by atoms with Crippen LogP contribution in [0.4, 0.5) is 8.78 Å². The summed E-state index contributed by atoms with van der Waals surface area (Å²) in [5.41, 5.74) is 10.8. The van der Waals surface area contributed by atoms with Gasteiger partial charge in [0, 0.05) is 10.0 Å². The van der Waals surface area contributed by atoms with E-state index in [2.05, 4.69) is 25.7 Å². The Balaban J connectivity index is 0.00000256. The van der Waals surface area contributed by atoms with Gasteiger partial charge in [-0.3, -0.25) is 0 Å². The Kier molecular flexibility index (Phi) is 7.35. The summed E-state index contributed by atoms with van der Waals surface area (Å²) >= 11 is 3.22. The molecule has 0 amide bonds. The van der Waals surface area contributed by atoms with Crippen molar-refractivity contribution in [1.82, 2.24) is 0 Å². The van der Waals surface area contributed by atoms with Crippen LogP contribution in [0, 0.1) is 0 Å². The lowest BCUT2D eigenvalue weighted by atomic mass is 10.2. The summed E-state index contributed by atoms with van der Waals surface area (Å²) in [5, 5.41) is 0. The molecule has 96 valence electrons. The third kappa shape index (κ3) is 6.01. The van der Waals surface area contributed by atoms with E-state index >= 15 is 0 Å². The van der Waals surface area contributed by atoms with Gasteiger partial charge in [-0.2, -0.15) is 8.78 Å². The van der Waals surface area contributed by atoms with Crippen LogP contribution in [-0.4, -0.2) is 12.6 Å². The third-order valence-electron chi connectivity index (χ3n) is 1.67. The van der Waals surface area contributed by atoms with Gasteiger partial charge in [-0.25, -0.2) is 4.99 Å². The molecule has 0 aromatic heterocycles. The number of rotatable bonds is 4. The van der Waals surface area contributed by atoms with Crippen molar-refractivity contribution in [3.63, 3.8) is 0 Å². The largest absolute Gasteiger partial charge is 0.434 e. The van der Waals surface area contributed by atoms with Crippen LogP contribution < -0.4 is 16.2 Å². The maximum atomic E-state index is 12.1. The molecule has 0 aliphatic rings. The highest BCUT2D eigenvalue weighted by atomic mass is 127. The molecule has 1 rings (SSSR count). The maximum absolute atomic E-state index is 12.1.